The van der Waals surface area contributed by atoms with Gasteiger partial charge in [-0.25, -0.2) is 4.98 Å². The second-order valence-electron chi connectivity index (χ2n) is 6.17. The lowest BCUT2D eigenvalue weighted by Gasteiger charge is -2.24. The van der Waals surface area contributed by atoms with Crippen molar-refractivity contribution in [2.24, 2.45) is 5.92 Å². The highest BCUT2D eigenvalue weighted by Gasteiger charge is 2.32. The number of ether oxygens (including phenoxy) is 2. The van der Waals surface area contributed by atoms with E-state index in [1.54, 1.807) is 18.2 Å². The minimum absolute atomic E-state index is 0.0847. The largest absolute Gasteiger partial charge is 0.492 e. The standard InChI is InChI=1S/C18H13Cl2F3N2O4/c19-12-1-2-14-9(4-12)3-10(7-28-14)17(27)29-8-15(26)25-16-13(20)5-11(6-24-16)18(21,22)23/h1-2,4-6,10H,3,7-8H2,(H,24,25,26). The number of nitrogens with one attached hydrogen (secondary N) is 1. The first kappa shape index (κ1) is 21.2. The van der Waals surface area contributed by atoms with Gasteiger partial charge in [-0.2, -0.15) is 13.2 Å². The van der Waals surface area contributed by atoms with Gasteiger partial charge in [0.05, 0.1) is 16.5 Å². The summed E-state index contributed by atoms with van der Waals surface area (Å²) in [7, 11) is 0. The first-order valence-corrected chi connectivity index (χ1v) is 8.99. The SMILES string of the molecule is O=C(COC(=O)C1COc2ccc(Cl)cc2C1)Nc1ncc(C(F)(F)F)cc1Cl. The van der Waals surface area contributed by atoms with Crippen LogP contribution in [-0.2, 0) is 26.9 Å². The third-order valence-electron chi connectivity index (χ3n) is 4.03. The van der Waals surface area contributed by atoms with Crippen molar-refractivity contribution < 1.29 is 32.2 Å². The summed E-state index contributed by atoms with van der Waals surface area (Å²) in [6.07, 6.45) is -3.74. The molecular weight excluding hydrogens is 436 g/mol. The van der Waals surface area contributed by atoms with Gasteiger partial charge in [0, 0.05) is 11.2 Å². The highest BCUT2D eigenvalue weighted by Crippen LogP contribution is 2.32. The maximum absolute atomic E-state index is 12.6. The smallest absolute Gasteiger partial charge is 0.417 e. The maximum Gasteiger partial charge on any atom is 0.417 e. The Bertz CT molecular complexity index is 953. The molecule has 1 amide bonds. The van der Waals surface area contributed by atoms with Gasteiger partial charge >= 0.3 is 12.1 Å². The van der Waals surface area contributed by atoms with Crippen LogP contribution in [0.2, 0.25) is 10.0 Å². The molecule has 2 aromatic rings. The number of esters is 1. The topological polar surface area (TPSA) is 77.5 Å². The van der Waals surface area contributed by atoms with Crippen molar-refractivity contribution in [2.75, 3.05) is 18.5 Å². The minimum atomic E-state index is -4.61. The third kappa shape index (κ3) is 5.30. The zero-order chi connectivity index (χ0) is 21.2. The second kappa shape index (κ2) is 8.46. The Balaban J connectivity index is 1.54. The van der Waals surface area contributed by atoms with Gasteiger partial charge in [-0.1, -0.05) is 23.2 Å². The number of carbonyl (C=O) groups excluding carboxylic acids is 2. The predicted octanol–water partition coefficient (Wildman–Crippen LogP) is 4.14. The summed E-state index contributed by atoms with van der Waals surface area (Å²) >= 11 is 11.6. The van der Waals surface area contributed by atoms with Gasteiger partial charge in [-0.05, 0) is 36.2 Å². The lowest BCUT2D eigenvalue weighted by atomic mass is 9.97. The molecule has 0 radical (unpaired) electrons. The molecule has 1 aliphatic heterocycles. The fourth-order valence-electron chi connectivity index (χ4n) is 2.62. The van der Waals surface area contributed by atoms with Crippen LogP contribution in [-0.4, -0.2) is 30.1 Å². The molecule has 0 saturated carbocycles. The van der Waals surface area contributed by atoms with E-state index in [1.807, 2.05) is 0 Å². The fourth-order valence-corrected chi connectivity index (χ4v) is 3.03. The number of hydrogen-bond acceptors (Lipinski definition) is 5. The molecule has 1 N–H and O–H groups in total. The number of halogens is 5. The normalized spacial score (nSPS) is 15.8. The molecule has 154 valence electrons. The van der Waals surface area contributed by atoms with Crippen LogP contribution in [0.25, 0.3) is 0 Å². The van der Waals surface area contributed by atoms with Crippen molar-refractivity contribution >= 4 is 40.9 Å². The number of anilines is 1. The van der Waals surface area contributed by atoms with Crippen molar-refractivity contribution in [3.05, 3.63) is 51.6 Å². The second-order valence-corrected chi connectivity index (χ2v) is 7.02. The number of rotatable bonds is 4. The molecule has 1 aliphatic rings. The van der Waals surface area contributed by atoms with Gasteiger partial charge in [-0.3, -0.25) is 9.59 Å². The van der Waals surface area contributed by atoms with Gasteiger partial charge in [0.15, 0.2) is 12.4 Å². The van der Waals surface area contributed by atoms with E-state index >= 15 is 0 Å². The van der Waals surface area contributed by atoms with Crippen molar-refractivity contribution in [3.8, 4) is 5.75 Å². The Morgan fingerprint density at radius 2 is 2.03 bits per heavy atom. The van der Waals surface area contributed by atoms with Crippen LogP contribution >= 0.6 is 23.2 Å². The van der Waals surface area contributed by atoms with Gasteiger partial charge in [0.2, 0.25) is 0 Å². The van der Waals surface area contributed by atoms with Crippen molar-refractivity contribution in [3.63, 3.8) is 0 Å². The van der Waals surface area contributed by atoms with Crippen LogP contribution in [0, 0.1) is 5.92 Å². The first-order valence-electron chi connectivity index (χ1n) is 8.24. The van der Waals surface area contributed by atoms with Crippen LogP contribution in [0.1, 0.15) is 11.1 Å². The Hall–Kier alpha value is -2.52. The molecule has 0 aliphatic carbocycles. The Kier molecular flexibility index (Phi) is 6.18. The fraction of sp³-hybridized carbons (Fsp3) is 0.278. The van der Waals surface area contributed by atoms with Crippen molar-refractivity contribution in [2.45, 2.75) is 12.6 Å². The van der Waals surface area contributed by atoms with Crippen LogP contribution in [0.3, 0.4) is 0 Å². The zero-order valence-corrected chi connectivity index (χ0v) is 16.1. The molecule has 29 heavy (non-hydrogen) atoms. The predicted molar refractivity (Wildman–Crippen MR) is 98.0 cm³/mol. The summed E-state index contributed by atoms with van der Waals surface area (Å²) in [6, 6.07) is 5.69. The van der Waals surface area contributed by atoms with Gasteiger partial charge in [0.25, 0.3) is 5.91 Å². The summed E-state index contributed by atoms with van der Waals surface area (Å²) in [4.78, 5) is 27.6. The Morgan fingerprint density at radius 1 is 1.28 bits per heavy atom. The number of nitrogens with zero attached hydrogens (tertiary/aromatic N) is 1. The molecule has 11 heteroatoms. The molecule has 6 nitrogen and oxygen atoms in total. The van der Waals surface area contributed by atoms with E-state index in [2.05, 4.69) is 10.3 Å². The average molecular weight is 449 g/mol. The van der Waals surface area contributed by atoms with E-state index in [1.165, 1.54) is 0 Å². The molecule has 3 rings (SSSR count). The lowest BCUT2D eigenvalue weighted by Crippen LogP contribution is -2.32. The first-order chi connectivity index (χ1) is 13.6. The van der Waals surface area contributed by atoms with Crippen LogP contribution < -0.4 is 10.1 Å². The van der Waals surface area contributed by atoms with Crippen molar-refractivity contribution in [1.29, 1.82) is 0 Å². The number of pyridine rings is 1. The summed E-state index contributed by atoms with van der Waals surface area (Å²) in [5, 5.41) is 2.30. The average Bonchev–Trinajstić information content (AvgIpc) is 2.66. The van der Waals surface area contributed by atoms with Crippen LogP contribution in [0.15, 0.2) is 30.5 Å². The van der Waals surface area contributed by atoms with E-state index in [-0.39, 0.29) is 12.4 Å². The molecule has 0 fully saturated rings. The summed E-state index contributed by atoms with van der Waals surface area (Å²) in [6.45, 7) is -0.571. The van der Waals surface area contributed by atoms with Gasteiger partial charge < -0.3 is 14.8 Å². The summed E-state index contributed by atoms with van der Waals surface area (Å²) in [5.41, 5.74) is -0.305. The Morgan fingerprint density at radius 3 is 2.72 bits per heavy atom. The number of benzene rings is 1. The number of alkyl halides is 3. The molecule has 1 atom stereocenters. The van der Waals surface area contributed by atoms with Gasteiger partial charge in [0.1, 0.15) is 12.4 Å². The number of amides is 1. The molecule has 1 unspecified atom stereocenters. The number of carbonyl (C=O) groups is 2. The summed E-state index contributed by atoms with van der Waals surface area (Å²) in [5.74, 6) is -1.73. The zero-order valence-electron chi connectivity index (χ0n) is 14.6. The third-order valence-corrected chi connectivity index (χ3v) is 4.56. The quantitative estimate of drug-likeness (QED) is 0.711. The monoisotopic (exact) mass is 448 g/mol. The molecule has 1 aromatic heterocycles. The van der Waals surface area contributed by atoms with Crippen LogP contribution in [0.5, 0.6) is 5.75 Å². The highest BCUT2D eigenvalue weighted by molar-refractivity contribution is 6.33. The van der Waals surface area contributed by atoms with Crippen LogP contribution in [0.4, 0.5) is 19.0 Å². The summed E-state index contributed by atoms with van der Waals surface area (Å²) < 4.78 is 48.3. The minimum Gasteiger partial charge on any atom is -0.492 e. The molecular formula is C18H13Cl2F3N2O4. The molecule has 0 bridgehead atoms. The van der Waals surface area contributed by atoms with E-state index in [4.69, 9.17) is 32.7 Å². The molecule has 2 heterocycles. The van der Waals surface area contributed by atoms with E-state index < -0.39 is 41.2 Å². The number of fused-ring (bicyclic) bond motifs is 1. The number of aromatic nitrogens is 1. The molecule has 0 spiro atoms. The number of hydrogen-bond donors (Lipinski definition) is 1. The lowest BCUT2D eigenvalue weighted by molar-refractivity contribution is -0.152. The molecule has 1 aromatic carbocycles. The molecule has 0 saturated heterocycles. The van der Waals surface area contributed by atoms with Gasteiger partial charge in [-0.15, -0.1) is 0 Å². The van der Waals surface area contributed by atoms with E-state index in [0.717, 1.165) is 5.56 Å². The van der Waals surface area contributed by atoms with E-state index in [0.29, 0.717) is 29.5 Å². The Labute approximate surface area is 172 Å². The van der Waals surface area contributed by atoms with Crippen molar-refractivity contribution in [1.82, 2.24) is 4.98 Å². The maximum atomic E-state index is 12.6. The van der Waals surface area contributed by atoms with E-state index in [9.17, 15) is 22.8 Å². The highest BCUT2D eigenvalue weighted by atomic mass is 35.5.